The third kappa shape index (κ3) is 21.6. The summed E-state index contributed by atoms with van der Waals surface area (Å²) in [6.45, 7) is 8.15. The zero-order chi connectivity index (χ0) is 86.5. The molecule has 0 bridgehead atoms. The number of nitrogens with one attached hydrogen (secondary N) is 1. The smallest absolute Gasteiger partial charge is 1.00 e. The minimum Gasteiger partial charge on any atom is -1.00 e. The number of nitrogens with zero attached hydrogens (tertiary/aromatic N) is 21. The number of aromatic nitrogens is 20. The van der Waals surface area contributed by atoms with Gasteiger partial charge in [0, 0.05) is 120 Å². The molecule has 38 heteroatoms. The molecular weight excluding hydrogens is 1820 g/mol. The van der Waals surface area contributed by atoms with Crippen molar-refractivity contribution in [2.75, 3.05) is 7.11 Å². The quantitative estimate of drug-likeness (QED) is 0.0255. The maximum atomic E-state index is 14.5. The fourth-order valence-electron chi connectivity index (χ4n) is 12.7. The molecule has 125 heavy (non-hydrogen) atoms. The summed E-state index contributed by atoms with van der Waals surface area (Å²) < 4.78 is 84.2. The Kier molecular flexibility index (Phi) is 30.1. The summed E-state index contributed by atoms with van der Waals surface area (Å²) in [7, 11) is 1.45. The molecule has 624 valence electrons. The zero-order valence-electron chi connectivity index (χ0n) is 66.1. The van der Waals surface area contributed by atoms with Gasteiger partial charge in [-0.25, -0.2) is 79.7 Å². The number of carbonyl (C=O) groups excluding carboxylic acids is 2. The van der Waals surface area contributed by atoms with Gasteiger partial charge in [-0.3, -0.25) is 29.7 Å². The second kappa shape index (κ2) is 41.4. The molecule has 0 aliphatic heterocycles. The fourth-order valence-corrected chi connectivity index (χ4v) is 13.5. The van der Waals surface area contributed by atoms with Gasteiger partial charge >= 0.3 is 29.1 Å². The Labute approximate surface area is 756 Å². The van der Waals surface area contributed by atoms with E-state index in [1.54, 1.807) is 185 Å². The standard InChI is InChI=1S/C19H16FN7O.C18H13FN4O.C16H10ClFN4O.C16H10ClFN4.C10H8FNO.C6H3BrClN3.C2H5.BrH.Mg/c1-11(24-25-19(21)28)16-4-5-18-23-10-14(27(18)26-16)8-13-7-12-3-2-6-22-17(12)9-15(13)20;1-11(24)16-4-5-18-21-10-14(23(18)22-16)8-13-7-12-3-2-6-20-17(12)9-15(13)19;17-14-3-4-15-20-8-13(22(15)21-14)16(23)10-6-9-2-1-5-19-12(9)7-11(10)18;17-15-3-4-16-20-9-12(22(16)21-15)7-11-6-10-2-1-5-19-14(10)8-13(11)18;1-13-10-5-7-3-2-4-12-9(7)6-8(10)11;7-4-3-9-6-2-1-5(8)10-11(4)6;1-2;;/h2-7,9-10H,8H2,1H3,(H3,21,25,28);2-7,9-10H,8H2,1H3;1-8,16,23H;1-6,8-9H,7H2;2-6H,1H3;1-3H;1H2,2H3;1H;/q;;;;;;-1;;+2/p-1/b24-11+;;;;;;;;. The van der Waals surface area contributed by atoms with Crippen molar-refractivity contribution < 1.29 is 58.4 Å². The SMILES string of the molecule is C/C(=N\NC(N)=O)c1ccc2ncc(Cc3cc4cccnc4cc3F)n2n1.CC(=O)c1ccc2ncc(Cc3cc4cccnc4cc3F)n2n1.COc1cc2cccnc2cc1F.Clc1ccc2ncc(Br)n2n1.Fc1cc2ncccc2cc1Cc1cnc2ccc(Cl)nn12.OC(c1cc2cccnc2cc1F)c1cnc2ccc(Cl)nn12.[Br-].[CH2-]C.[Mg+2]. The molecule has 0 aliphatic carbocycles. The molecule has 27 nitrogen and oxygen atoms in total. The molecule has 4 N–H and O–H groups in total. The van der Waals surface area contributed by atoms with E-state index in [0.717, 1.165) is 54.3 Å². The molecule has 15 heterocycles. The van der Waals surface area contributed by atoms with Gasteiger partial charge in [0.15, 0.2) is 45.6 Å². The molecule has 0 saturated heterocycles. The van der Waals surface area contributed by atoms with Gasteiger partial charge in [0.2, 0.25) is 0 Å². The van der Waals surface area contributed by atoms with Crippen LogP contribution in [-0.2, 0) is 19.3 Å². The average Bonchev–Trinajstić information content (AvgIpc) is 1.71. The first-order valence-electron chi connectivity index (χ1n) is 37.1. The molecule has 20 rings (SSSR count). The van der Waals surface area contributed by atoms with E-state index >= 15 is 0 Å². The molecule has 0 fully saturated rings. The first-order valence-corrected chi connectivity index (χ1v) is 39.0. The summed E-state index contributed by atoms with van der Waals surface area (Å²) in [6, 6.07) is 50.3. The maximum Gasteiger partial charge on any atom is 2.00 e. The van der Waals surface area contributed by atoms with E-state index in [0.29, 0.717) is 119 Å². The number of nitrogens with two attached hydrogens (primary N) is 1. The van der Waals surface area contributed by atoms with Gasteiger partial charge in [0.1, 0.15) is 60.8 Å². The number of Topliss-reactive ketones (excluding diaryl/α,β-unsaturated/α-hetero) is 1. The van der Waals surface area contributed by atoms with Crippen molar-refractivity contribution in [1.29, 1.82) is 0 Å². The number of ether oxygens (including phenoxy) is 1. The van der Waals surface area contributed by atoms with Crippen LogP contribution in [0.2, 0.25) is 15.5 Å². The van der Waals surface area contributed by atoms with Crippen molar-refractivity contribution in [1.82, 2.24) is 103 Å². The summed E-state index contributed by atoms with van der Waals surface area (Å²) in [5.74, 6) is -1.74. The molecule has 2 amide bonds. The number of rotatable bonds is 12. The molecule has 1 unspecified atom stereocenters. The van der Waals surface area contributed by atoms with Crippen molar-refractivity contribution >= 4 is 174 Å². The Bertz CT molecular complexity index is 7380. The van der Waals surface area contributed by atoms with Crippen molar-refractivity contribution in [3.8, 4) is 5.75 Å². The largest absolute Gasteiger partial charge is 2.00 e. The number of benzene rings is 5. The zero-order valence-corrected chi connectivity index (χ0v) is 73.0. The van der Waals surface area contributed by atoms with E-state index in [1.165, 1.54) is 55.1 Å². The number of hydrazone groups is 1. The Morgan fingerprint density at radius 2 is 0.800 bits per heavy atom. The molecule has 0 saturated carbocycles. The van der Waals surface area contributed by atoms with E-state index in [1.807, 2.05) is 54.6 Å². The maximum absolute atomic E-state index is 14.5. The van der Waals surface area contributed by atoms with Gasteiger partial charge in [-0.1, -0.05) is 65.1 Å². The van der Waals surface area contributed by atoms with E-state index in [-0.39, 0.29) is 85.6 Å². The Morgan fingerprint density at radius 1 is 0.456 bits per heavy atom. The van der Waals surface area contributed by atoms with Gasteiger partial charge in [-0.05, 0) is 161 Å². The van der Waals surface area contributed by atoms with E-state index < -0.39 is 18.0 Å². The number of amides is 2. The van der Waals surface area contributed by atoms with Crippen molar-refractivity contribution in [2.45, 2.75) is 46.1 Å². The summed E-state index contributed by atoms with van der Waals surface area (Å²) in [4.78, 5) is 64.0. The van der Waals surface area contributed by atoms with E-state index in [4.69, 9.17) is 45.3 Å². The molecule has 5 aromatic carbocycles. The molecule has 0 aliphatic rings. The molecule has 1 atom stereocenters. The average molecular weight is 1880 g/mol. The van der Waals surface area contributed by atoms with Gasteiger partial charge in [0.05, 0.1) is 94.2 Å². The normalized spacial score (nSPS) is 11.2. The van der Waals surface area contributed by atoms with Crippen LogP contribution in [0.4, 0.5) is 26.7 Å². The number of hydrogen-bond acceptors (Lipinski definition) is 20. The van der Waals surface area contributed by atoms with Crippen LogP contribution in [0, 0.1) is 36.0 Å². The van der Waals surface area contributed by atoms with Crippen LogP contribution in [0.5, 0.6) is 5.75 Å². The predicted octanol–water partition coefficient (Wildman–Crippen LogP) is 14.4. The van der Waals surface area contributed by atoms with Crippen molar-refractivity contribution in [3.63, 3.8) is 0 Å². The number of fused-ring (bicyclic) bond motifs is 10. The molecular formula is C87H65Br2Cl3F5MgN23O4. The van der Waals surface area contributed by atoms with Crippen LogP contribution in [0.15, 0.2) is 254 Å². The number of carbonyl (C=O) groups is 2. The first-order chi connectivity index (χ1) is 59.5. The van der Waals surface area contributed by atoms with Gasteiger partial charge in [-0.2, -0.15) is 37.5 Å². The number of methoxy groups -OCH3 is 1. The number of pyridine rings is 5. The molecule has 20 aromatic rings. The summed E-state index contributed by atoms with van der Waals surface area (Å²) in [5, 5.41) is 40.9. The summed E-state index contributed by atoms with van der Waals surface area (Å²) in [5.41, 5.74) is 19.1. The minimum atomic E-state index is -1.22. The topological polar surface area (TPSA) is 329 Å². The van der Waals surface area contributed by atoms with Crippen LogP contribution >= 0.6 is 50.7 Å². The van der Waals surface area contributed by atoms with E-state index in [9.17, 15) is 36.6 Å². The van der Waals surface area contributed by atoms with Gasteiger partial charge in [-0.15, -0.1) is 0 Å². The second-order valence-electron chi connectivity index (χ2n) is 26.6. The Balaban J connectivity index is 0.000000138. The number of urea groups is 1. The number of aliphatic hydroxyl groups is 1. The van der Waals surface area contributed by atoms with Crippen molar-refractivity contribution in [2.24, 2.45) is 10.8 Å². The number of halogens is 10. The van der Waals surface area contributed by atoms with Crippen LogP contribution in [0.1, 0.15) is 88.1 Å². The van der Waals surface area contributed by atoms with Crippen LogP contribution in [0.25, 0.3) is 82.8 Å². The van der Waals surface area contributed by atoms with Gasteiger partial charge in [0.25, 0.3) is 0 Å². The number of aliphatic hydroxyl groups excluding tert-OH is 1. The van der Waals surface area contributed by atoms with Crippen molar-refractivity contribution in [3.05, 3.63) is 356 Å². The van der Waals surface area contributed by atoms with E-state index in [2.05, 4.69) is 109 Å². The Morgan fingerprint density at radius 3 is 1.23 bits per heavy atom. The molecule has 0 radical (unpaired) electrons. The van der Waals surface area contributed by atoms with Crippen LogP contribution in [-0.4, -0.2) is 151 Å². The summed E-state index contributed by atoms with van der Waals surface area (Å²) in [6.07, 6.45) is 16.1. The Hall–Kier alpha value is -13.1. The predicted molar refractivity (Wildman–Crippen MR) is 467 cm³/mol. The molecule has 15 aromatic heterocycles. The van der Waals surface area contributed by atoms with Gasteiger partial charge < -0.3 is 39.5 Å². The first kappa shape index (κ1) is 91.1. The number of ketones is 1. The third-order valence-electron chi connectivity index (χ3n) is 18.6. The summed E-state index contributed by atoms with van der Waals surface area (Å²) >= 11 is 20.7. The third-order valence-corrected chi connectivity index (χ3v) is 19.7. The number of primary amides is 1. The minimum absolute atomic E-state index is 0. The van der Waals surface area contributed by atoms with Crippen LogP contribution < -0.4 is 32.9 Å². The fraction of sp³-hybridized carbons (Fsp3) is 0.0920. The van der Waals surface area contributed by atoms with Crippen LogP contribution in [0.3, 0.4) is 0 Å². The monoisotopic (exact) mass is 1880 g/mol. The number of hydrogen-bond donors (Lipinski definition) is 3. The number of imidazole rings is 5. The second-order valence-corrected chi connectivity index (χ2v) is 28.6. The molecule has 0 spiro atoms.